The Bertz CT molecular complexity index is 253. The molecule has 0 aliphatic heterocycles. The van der Waals surface area contributed by atoms with Crippen molar-refractivity contribution < 1.29 is 45.7 Å². The Balaban J connectivity index is 4.22. The second-order valence-electron chi connectivity index (χ2n) is 3.51. The molecule has 0 aliphatic carbocycles. The van der Waals surface area contributed by atoms with Crippen LogP contribution in [0.3, 0.4) is 0 Å². The molecule has 0 heterocycles. The van der Waals surface area contributed by atoms with E-state index in [1.165, 1.54) is 0 Å². The first-order valence-electron chi connectivity index (χ1n) is 5.04. The van der Waals surface area contributed by atoms with E-state index in [4.69, 9.17) is 0 Å². The molecule has 0 rings (SSSR count). The van der Waals surface area contributed by atoms with Gasteiger partial charge in [0.05, 0.1) is 13.2 Å². The molecule has 0 aromatic rings. The molecule has 4 nitrogen and oxygen atoms in total. The van der Waals surface area contributed by atoms with Gasteiger partial charge in [0.15, 0.2) is 13.3 Å². The lowest BCUT2D eigenvalue weighted by Gasteiger charge is -2.24. The fourth-order valence-electron chi connectivity index (χ4n) is 0.932. The summed E-state index contributed by atoms with van der Waals surface area (Å²) in [5.74, 6) is 0. The van der Waals surface area contributed by atoms with Crippen molar-refractivity contribution in [2.75, 3.05) is 33.7 Å². The molecule has 0 spiro atoms. The molecule has 0 aromatic carbocycles. The number of hydrogen-bond acceptors (Lipinski definition) is 4. The molecule has 0 fully saturated rings. The van der Waals surface area contributed by atoms with Crippen LogP contribution in [0.2, 0.25) is 0 Å². The van der Waals surface area contributed by atoms with Gasteiger partial charge in [0.1, 0.15) is 12.2 Å². The zero-order valence-electron chi connectivity index (χ0n) is 9.92. The first-order chi connectivity index (χ1) is 8.67. The van der Waals surface area contributed by atoms with Crippen molar-refractivity contribution in [3.05, 3.63) is 0 Å². The highest BCUT2D eigenvalue weighted by Gasteiger charge is 2.35. The highest BCUT2D eigenvalue weighted by atomic mass is 19.3. The lowest BCUT2D eigenvalue weighted by Crippen LogP contribution is -2.41. The summed E-state index contributed by atoms with van der Waals surface area (Å²) in [7, 11) is 0.984. The quantitative estimate of drug-likeness (QED) is 0.622. The molecule has 0 amide bonds. The fraction of sp³-hybridized carbons (Fsp3) is 1.00. The molecular formula is C9H14F6O4. The molecule has 10 heteroatoms. The SMILES string of the molecule is COC(COC(F)(F)CF)C(O)COC(F)(F)CF. The summed E-state index contributed by atoms with van der Waals surface area (Å²) in [4.78, 5) is 0. The summed E-state index contributed by atoms with van der Waals surface area (Å²) in [5.41, 5.74) is 0. The Labute approximate surface area is 105 Å². The van der Waals surface area contributed by atoms with E-state index >= 15 is 0 Å². The van der Waals surface area contributed by atoms with Gasteiger partial charge >= 0.3 is 12.2 Å². The summed E-state index contributed by atoms with van der Waals surface area (Å²) in [5, 5.41) is 9.31. The number of halogens is 6. The Morgan fingerprint density at radius 3 is 1.74 bits per heavy atom. The first kappa shape index (κ1) is 18.4. The molecular weight excluding hydrogens is 286 g/mol. The van der Waals surface area contributed by atoms with Crippen LogP contribution in [0, 0.1) is 0 Å². The Hall–Kier alpha value is -0.580. The Morgan fingerprint density at radius 1 is 0.947 bits per heavy atom. The normalized spacial score (nSPS) is 16.4. The van der Waals surface area contributed by atoms with E-state index in [2.05, 4.69) is 14.2 Å². The molecule has 2 atom stereocenters. The van der Waals surface area contributed by atoms with E-state index in [1.54, 1.807) is 0 Å². The van der Waals surface area contributed by atoms with E-state index in [9.17, 15) is 31.4 Å². The molecule has 0 saturated heterocycles. The number of hydrogen-bond donors (Lipinski definition) is 1. The maximum atomic E-state index is 12.4. The highest BCUT2D eigenvalue weighted by molar-refractivity contribution is 4.69. The van der Waals surface area contributed by atoms with Gasteiger partial charge < -0.3 is 19.3 Å². The number of ether oxygens (including phenoxy) is 3. The van der Waals surface area contributed by atoms with E-state index < -0.39 is 51.0 Å². The topological polar surface area (TPSA) is 47.9 Å². The Kier molecular flexibility index (Phi) is 7.64. The average molecular weight is 300 g/mol. The summed E-state index contributed by atoms with van der Waals surface area (Å²) in [6, 6.07) is 0. The predicted octanol–water partition coefficient (Wildman–Crippen LogP) is 1.52. The van der Waals surface area contributed by atoms with Crippen molar-refractivity contribution in [2.24, 2.45) is 0 Å². The molecule has 0 aromatic heterocycles. The van der Waals surface area contributed by atoms with Gasteiger partial charge in [-0.05, 0) is 0 Å². The van der Waals surface area contributed by atoms with E-state index in [0.717, 1.165) is 7.11 Å². The summed E-state index contributed by atoms with van der Waals surface area (Å²) in [6.07, 6.45) is -11.4. The number of aliphatic hydroxyl groups is 1. The van der Waals surface area contributed by atoms with Crippen LogP contribution in [0.25, 0.3) is 0 Å². The van der Waals surface area contributed by atoms with Crippen molar-refractivity contribution in [3.63, 3.8) is 0 Å². The second-order valence-corrected chi connectivity index (χ2v) is 3.51. The van der Waals surface area contributed by atoms with Gasteiger partial charge in [0.2, 0.25) is 0 Å². The van der Waals surface area contributed by atoms with Gasteiger partial charge in [0, 0.05) is 7.11 Å². The van der Waals surface area contributed by atoms with Crippen molar-refractivity contribution in [1.29, 1.82) is 0 Å². The Morgan fingerprint density at radius 2 is 1.37 bits per heavy atom. The summed E-state index contributed by atoms with van der Waals surface area (Å²) < 4.78 is 85.0. The zero-order valence-corrected chi connectivity index (χ0v) is 9.92. The lowest BCUT2D eigenvalue weighted by molar-refractivity contribution is -0.276. The van der Waals surface area contributed by atoms with Gasteiger partial charge in [-0.3, -0.25) is 0 Å². The van der Waals surface area contributed by atoms with Gasteiger partial charge in [-0.15, -0.1) is 0 Å². The van der Waals surface area contributed by atoms with Crippen LogP contribution < -0.4 is 0 Å². The van der Waals surface area contributed by atoms with Gasteiger partial charge in [-0.1, -0.05) is 0 Å². The van der Waals surface area contributed by atoms with Crippen LogP contribution in [-0.4, -0.2) is 63.2 Å². The minimum Gasteiger partial charge on any atom is -0.388 e. The third kappa shape index (κ3) is 7.55. The van der Waals surface area contributed by atoms with E-state index in [0.29, 0.717) is 0 Å². The van der Waals surface area contributed by atoms with Crippen molar-refractivity contribution in [2.45, 2.75) is 24.4 Å². The first-order valence-corrected chi connectivity index (χ1v) is 5.04. The predicted molar refractivity (Wildman–Crippen MR) is 50.6 cm³/mol. The molecule has 0 radical (unpaired) electrons. The van der Waals surface area contributed by atoms with Gasteiger partial charge in [0.25, 0.3) is 0 Å². The number of alkyl halides is 6. The van der Waals surface area contributed by atoms with Crippen LogP contribution in [0.4, 0.5) is 26.3 Å². The van der Waals surface area contributed by atoms with Crippen molar-refractivity contribution >= 4 is 0 Å². The third-order valence-electron chi connectivity index (χ3n) is 1.97. The van der Waals surface area contributed by atoms with E-state index in [1.807, 2.05) is 0 Å². The summed E-state index contributed by atoms with van der Waals surface area (Å²) in [6.45, 7) is -6.22. The molecule has 0 saturated carbocycles. The van der Waals surface area contributed by atoms with Crippen LogP contribution in [0.5, 0.6) is 0 Å². The largest absolute Gasteiger partial charge is 0.388 e. The molecule has 19 heavy (non-hydrogen) atoms. The molecule has 2 unspecified atom stereocenters. The van der Waals surface area contributed by atoms with Crippen molar-refractivity contribution in [1.82, 2.24) is 0 Å². The van der Waals surface area contributed by atoms with Crippen LogP contribution in [-0.2, 0) is 14.2 Å². The highest BCUT2D eigenvalue weighted by Crippen LogP contribution is 2.19. The number of aliphatic hydroxyl groups excluding tert-OH is 1. The minimum atomic E-state index is -4.09. The maximum absolute atomic E-state index is 12.4. The number of methoxy groups -OCH3 is 1. The smallest absolute Gasteiger partial charge is 0.384 e. The third-order valence-corrected chi connectivity index (χ3v) is 1.97. The molecule has 0 bridgehead atoms. The standard InChI is InChI=1S/C9H14F6O4/c1-17-7(3-19-9(14,15)5-11)6(16)2-18-8(12,13)4-10/h6-7,16H,2-5H2,1H3. The molecule has 0 aliphatic rings. The average Bonchev–Trinajstić information content (AvgIpc) is 2.37. The van der Waals surface area contributed by atoms with Crippen LogP contribution in [0.1, 0.15) is 0 Å². The van der Waals surface area contributed by atoms with Gasteiger partial charge in [-0.25, -0.2) is 8.78 Å². The van der Waals surface area contributed by atoms with Crippen LogP contribution in [0.15, 0.2) is 0 Å². The lowest BCUT2D eigenvalue weighted by atomic mass is 10.2. The monoisotopic (exact) mass is 300 g/mol. The molecule has 116 valence electrons. The maximum Gasteiger partial charge on any atom is 0.384 e. The second kappa shape index (κ2) is 7.88. The number of rotatable bonds is 10. The van der Waals surface area contributed by atoms with Gasteiger partial charge in [-0.2, -0.15) is 17.6 Å². The van der Waals surface area contributed by atoms with Crippen LogP contribution >= 0.6 is 0 Å². The minimum absolute atomic E-state index is 0.959. The van der Waals surface area contributed by atoms with E-state index in [-0.39, 0.29) is 0 Å². The molecule has 1 N–H and O–H groups in total. The van der Waals surface area contributed by atoms with Crippen molar-refractivity contribution in [3.8, 4) is 0 Å². The zero-order chi connectivity index (χ0) is 15.1. The fourth-order valence-corrected chi connectivity index (χ4v) is 0.932. The summed E-state index contributed by atoms with van der Waals surface area (Å²) >= 11 is 0.